The summed E-state index contributed by atoms with van der Waals surface area (Å²) in [5.74, 6) is 0.963. The van der Waals surface area contributed by atoms with Crippen LogP contribution < -0.4 is 0 Å². The number of thiophene rings is 1. The number of rotatable bonds is 6. The minimum absolute atomic E-state index is 0.241. The molecule has 1 aromatic heterocycles. The lowest BCUT2D eigenvalue weighted by molar-refractivity contribution is 0.167. The Bertz CT molecular complexity index is 339. The van der Waals surface area contributed by atoms with Gasteiger partial charge in [-0.2, -0.15) is 0 Å². The van der Waals surface area contributed by atoms with Crippen LogP contribution >= 0.6 is 11.3 Å². The zero-order valence-corrected chi connectivity index (χ0v) is 12.3. The highest BCUT2D eigenvalue weighted by atomic mass is 32.1. The van der Waals surface area contributed by atoms with Crippen LogP contribution in [0.1, 0.15) is 74.8 Å². The van der Waals surface area contributed by atoms with E-state index in [9.17, 15) is 5.11 Å². The summed E-state index contributed by atoms with van der Waals surface area (Å²) in [7, 11) is 0. The van der Waals surface area contributed by atoms with Crippen LogP contribution in [-0.2, 0) is 6.42 Å². The number of aliphatic hydroxyl groups excluding tert-OH is 1. The van der Waals surface area contributed by atoms with Crippen molar-refractivity contribution in [3.63, 3.8) is 0 Å². The molecule has 2 rings (SSSR count). The normalized spacial score (nSPS) is 19.0. The van der Waals surface area contributed by atoms with Crippen LogP contribution in [0.5, 0.6) is 0 Å². The Morgan fingerprint density at radius 1 is 1.33 bits per heavy atom. The van der Waals surface area contributed by atoms with E-state index in [4.69, 9.17) is 0 Å². The van der Waals surface area contributed by atoms with E-state index in [1.807, 2.05) is 11.3 Å². The first-order valence-corrected chi connectivity index (χ1v) is 8.43. The van der Waals surface area contributed by atoms with Gasteiger partial charge in [0.1, 0.15) is 0 Å². The third-order valence-corrected chi connectivity index (χ3v) is 5.16. The average Bonchev–Trinajstić information content (AvgIpc) is 2.87. The average molecular weight is 266 g/mol. The van der Waals surface area contributed by atoms with E-state index >= 15 is 0 Å². The molecule has 1 unspecified atom stereocenters. The molecule has 1 heterocycles. The highest BCUT2D eigenvalue weighted by Gasteiger charge is 2.14. The van der Waals surface area contributed by atoms with E-state index in [0.717, 1.165) is 24.3 Å². The SMILES string of the molecule is CCCC(O)c1csc(CCC2CCCCC2)c1. The Labute approximate surface area is 115 Å². The second kappa shape index (κ2) is 7.30. The molecule has 1 nitrogen and oxygen atoms in total. The van der Waals surface area contributed by atoms with Gasteiger partial charge in [0.25, 0.3) is 0 Å². The fourth-order valence-corrected chi connectivity index (χ4v) is 3.92. The Kier molecular flexibility index (Phi) is 5.71. The number of hydrogen-bond acceptors (Lipinski definition) is 2. The molecule has 1 N–H and O–H groups in total. The molecular formula is C16H26OS. The van der Waals surface area contributed by atoms with Gasteiger partial charge in [-0.1, -0.05) is 45.4 Å². The van der Waals surface area contributed by atoms with E-state index < -0.39 is 0 Å². The third kappa shape index (κ3) is 4.10. The van der Waals surface area contributed by atoms with Crippen molar-refractivity contribution in [2.75, 3.05) is 0 Å². The molecule has 0 radical (unpaired) electrons. The zero-order chi connectivity index (χ0) is 12.8. The summed E-state index contributed by atoms with van der Waals surface area (Å²) in [4.78, 5) is 1.46. The molecule has 0 aliphatic heterocycles. The minimum atomic E-state index is -0.241. The van der Waals surface area contributed by atoms with Gasteiger partial charge in [-0.3, -0.25) is 0 Å². The third-order valence-electron chi connectivity index (χ3n) is 4.14. The van der Waals surface area contributed by atoms with Crippen LogP contribution in [0, 0.1) is 5.92 Å². The maximum absolute atomic E-state index is 9.96. The predicted octanol–water partition coefficient (Wildman–Crippen LogP) is 5.09. The van der Waals surface area contributed by atoms with Crippen molar-refractivity contribution in [2.24, 2.45) is 5.92 Å². The van der Waals surface area contributed by atoms with Crippen LogP contribution in [0.15, 0.2) is 11.4 Å². The predicted molar refractivity (Wildman–Crippen MR) is 79.1 cm³/mol. The Balaban J connectivity index is 1.79. The van der Waals surface area contributed by atoms with Gasteiger partial charge in [-0.15, -0.1) is 11.3 Å². The van der Waals surface area contributed by atoms with Gasteiger partial charge < -0.3 is 5.11 Å². The molecule has 0 spiro atoms. The van der Waals surface area contributed by atoms with Gasteiger partial charge >= 0.3 is 0 Å². The van der Waals surface area contributed by atoms with Crippen LogP contribution in [0.25, 0.3) is 0 Å². The Hall–Kier alpha value is -0.340. The second-order valence-electron chi connectivity index (χ2n) is 5.69. The summed E-state index contributed by atoms with van der Waals surface area (Å²) in [6.07, 6.45) is 11.5. The van der Waals surface area contributed by atoms with E-state index in [1.54, 1.807) is 0 Å². The quantitative estimate of drug-likeness (QED) is 0.760. The smallest absolute Gasteiger partial charge is 0.0798 e. The lowest BCUT2D eigenvalue weighted by Gasteiger charge is -2.20. The van der Waals surface area contributed by atoms with E-state index in [0.29, 0.717) is 0 Å². The molecule has 1 saturated carbocycles. The fourth-order valence-electron chi connectivity index (χ4n) is 2.97. The first-order chi connectivity index (χ1) is 8.79. The maximum atomic E-state index is 9.96. The van der Waals surface area contributed by atoms with Crippen LogP contribution in [-0.4, -0.2) is 5.11 Å². The lowest BCUT2D eigenvalue weighted by Crippen LogP contribution is -2.06. The molecule has 1 aliphatic carbocycles. The van der Waals surface area contributed by atoms with E-state index in [1.165, 1.54) is 49.8 Å². The van der Waals surface area contributed by atoms with Crippen molar-refractivity contribution in [1.29, 1.82) is 0 Å². The number of aryl methyl sites for hydroxylation is 1. The summed E-state index contributed by atoms with van der Waals surface area (Å²) in [6.45, 7) is 2.12. The molecule has 1 aliphatic rings. The lowest BCUT2D eigenvalue weighted by atomic mass is 9.86. The number of hydrogen-bond donors (Lipinski definition) is 1. The summed E-state index contributed by atoms with van der Waals surface area (Å²) >= 11 is 1.83. The van der Waals surface area contributed by atoms with Crippen LogP contribution in [0.2, 0.25) is 0 Å². The van der Waals surface area contributed by atoms with Crippen molar-refractivity contribution < 1.29 is 5.11 Å². The standard InChI is InChI=1S/C16H26OS/c1-2-6-16(17)14-11-15(18-12-14)10-9-13-7-4-3-5-8-13/h11-13,16-17H,2-10H2,1H3. The van der Waals surface area contributed by atoms with E-state index in [-0.39, 0.29) is 6.10 Å². The molecule has 1 fully saturated rings. The molecule has 0 aromatic carbocycles. The first-order valence-electron chi connectivity index (χ1n) is 7.55. The van der Waals surface area contributed by atoms with Crippen molar-refractivity contribution in [3.8, 4) is 0 Å². The Morgan fingerprint density at radius 2 is 2.11 bits per heavy atom. The van der Waals surface area contributed by atoms with Crippen LogP contribution in [0.3, 0.4) is 0 Å². The summed E-state index contributed by atoms with van der Waals surface area (Å²) in [6, 6.07) is 2.23. The van der Waals surface area contributed by atoms with Crippen molar-refractivity contribution in [1.82, 2.24) is 0 Å². The van der Waals surface area contributed by atoms with Gasteiger partial charge in [0.2, 0.25) is 0 Å². The molecule has 102 valence electrons. The van der Waals surface area contributed by atoms with Crippen LogP contribution in [0.4, 0.5) is 0 Å². The summed E-state index contributed by atoms with van der Waals surface area (Å²) < 4.78 is 0. The first kappa shape index (κ1) is 14.1. The van der Waals surface area contributed by atoms with Gasteiger partial charge in [0, 0.05) is 4.88 Å². The van der Waals surface area contributed by atoms with Crippen molar-refractivity contribution >= 4 is 11.3 Å². The molecule has 0 bridgehead atoms. The molecule has 18 heavy (non-hydrogen) atoms. The van der Waals surface area contributed by atoms with Crippen molar-refractivity contribution in [3.05, 3.63) is 21.9 Å². The molecule has 0 amide bonds. The monoisotopic (exact) mass is 266 g/mol. The van der Waals surface area contributed by atoms with Gasteiger partial charge in [0.15, 0.2) is 0 Å². The Morgan fingerprint density at radius 3 is 2.83 bits per heavy atom. The van der Waals surface area contributed by atoms with Crippen molar-refractivity contribution in [2.45, 2.75) is 70.8 Å². The van der Waals surface area contributed by atoms with E-state index in [2.05, 4.69) is 18.4 Å². The molecule has 1 atom stereocenters. The largest absolute Gasteiger partial charge is 0.388 e. The van der Waals surface area contributed by atoms with Gasteiger partial charge in [-0.05, 0) is 42.2 Å². The second-order valence-corrected chi connectivity index (χ2v) is 6.69. The number of aliphatic hydroxyl groups is 1. The van der Waals surface area contributed by atoms with Gasteiger partial charge in [-0.25, -0.2) is 0 Å². The molecule has 0 saturated heterocycles. The summed E-state index contributed by atoms with van der Waals surface area (Å²) in [5, 5.41) is 12.1. The molecule has 2 heteroatoms. The summed E-state index contributed by atoms with van der Waals surface area (Å²) in [5.41, 5.74) is 1.14. The zero-order valence-electron chi connectivity index (χ0n) is 11.5. The highest BCUT2D eigenvalue weighted by molar-refractivity contribution is 7.10. The minimum Gasteiger partial charge on any atom is -0.388 e. The van der Waals surface area contributed by atoms with Gasteiger partial charge in [0.05, 0.1) is 6.10 Å². The topological polar surface area (TPSA) is 20.2 Å². The maximum Gasteiger partial charge on any atom is 0.0798 e. The molecule has 1 aromatic rings. The molecular weight excluding hydrogens is 240 g/mol. The highest BCUT2D eigenvalue weighted by Crippen LogP contribution is 2.30. The fraction of sp³-hybridized carbons (Fsp3) is 0.750.